The number of ketones is 1. The summed E-state index contributed by atoms with van der Waals surface area (Å²) >= 11 is 6.00. The van der Waals surface area contributed by atoms with Gasteiger partial charge in [-0.25, -0.2) is 4.98 Å². The fourth-order valence-electron chi connectivity index (χ4n) is 1.41. The third-order valence-electron chi connectivity index (χ3n) is 2.08. The minimum Gasteiger partial charge on any atom is -0.297 e. The van der Waals surface area contributed by atoms with Crippen LogP contribution < -0.4 is 0 Å². The number of carbonyl (C=O) groups excluding carboxylic acids is 1. The third kappa shape index (κ3) is 1.78. The molecule has 0 atom stereocenters. The zero-order chi connectivity index (χ0) is 10.8. The summed E-state index contributed by atoms with van der Waals surface area (Å²) in [6.07, 6.45) is 3.41. The highest BCUT2D eigenvalue weighted by atomic mass is 35.5. The number of pyridine rings is 1. The van der Waals surface area contributed by atoms with E-state index < -0.39 is 0 Å². The summed E-state index contributed by atoms with van der Waals surface area (Å²) in [4.78, 5) is 15.5. The second kappa shape index (κ2) is 3.87. The van der Waals surface area contributed by atoms with E-state index in [-0.39, 0.29) is 5.78 Å². The molecule has 0 fully saturated rings. The fraction of sp³-hybridized carbons (Fsp3) is 0.0909. The summed E-state index contributed by atoms with van der Waals surface area (Å²) < 4.78 is 1.69. The maximum Gasteiger partial charge on any atom is 0.176 e. The molecule has 0 bridgehead atoms. The summed E-state index contributed by atoms with van der Waals surface area (Å²) in [5, 5.41) is 0.524. The highest BCUT2D eigenvalue weighted by molar-refractivity contribution is 6.32. The fourth-order valence-corrected chi connectivity index (χ4v) is 1.62. The zero-order valence-corrected chi connectivity index (χ0v) is 8.90. The molecule has 0 unspecified atom stereocenters. The van der Waals surface area contributed by atoms with E-state index in [4.69, 9.17) is 11.6 Å². The Morgan fingerprint density at radius 1 is 1.40 bits per heavy atom. The van der Waals surface area contributed by atoms with Crippen molar-refractivity contribution >= 4 is 17.4 Å². The number of hydrogen-bond donors (Lipinski definition) is 0. The van der Waals surface area contributed by atoms with Crippen LogP contribution in [0.15, 0.2) is 36.7 Å². The Balaban J connectivity index is 2.59. The van der Waals surface area contributed by atoms with Gasteiger partial charge in [0.1, 0.15) is 0 Å². The number of carbonyl (C=O) groups is 1. The molecule has 0 N–H and O–H groups in total. The lowest BCUT2D eigenvalue weighted by molar-refractivity contribution is 0.101. The number of nitrogens with zero attached hydrogens (tertiary/aromatic N) is 2. The Kier molecular flexibility index (Phi) is 2.56. The van der Waals surface area contributed by atoms with Crippen LogP contribution in [0.5, 0.6) is 0 Å². The normalized spacial score (nSPS) is 10.3. The van der Waals surface area contributed by atoms with Crippen molar-refractivity contribution in [1.82, 2.24) is 9.55 Å². The molecule has 3 nitrogen and oxygen atoms in total. The molecule has 0 aliphatic heterocycles. The Labute approximate surface area is 92.3 Å². The van der Waals surface area contributed by atoms with Crippen LogP contribution in [0.1, 0.15) is 17.4 Å². The molecule has 0 radical (unpaired) electrons. The lowest BCUT2D eigenvalue weighted by Crippen LogP contribution is -2.05. The zero-order valence-electron chi connectivity index (χ0n) is 8.14. The minimum atomic E-state index is -0.0123. The van der Waals surface area contributed by atoms with Crippen molar-refractivity contribution in [3.05, 3.63) is 47.4 Å². The van der Waals surface area contributed by atoms with E-state index in [2.05, 4.69) is 4.98 Å². The van der Waals surface area contributed by atoms with E-state index in [1.165, 1.54) is 6.92 Å². The largest absolute Gasteiger partial charge is 0.297 e. The van der Waals surface area contributed by atoms with Gasteiger partial charge in [0.25, 0.3) is 0 Å². The Hall–Kier alpha value is -1.61. The van der Waals surface area contributed by atoms with Crippen molar-refractivity contribution in [2.45, 2.75) is 6.92 Å². The van der Waals surface area contributed by atoms with E-state index in [9.17, 15) is 4.79 Å². The molecule has 2 aromatic rings. The Bertz CT molecular complexity index is 505. The molecular weight excluding hydrogens is 212 g/mol. The minimum absolute atomic E-state index is 0.0123. The molecule has 2 heterocycles. The van der Waals surface area contributed by atoms with Crippen molar-refractivity contribution in [3.63, 3.8) is 0 Å². The van der Waals surface area contributed by atoms with Crippen molar-refractivity contribution in [3.8, 4) is 5.82 Å². The number of Topliss-reactive ketones (excluding diaryl/α,β-unsaturated/α-hetero) is 1. The lowest BCUT2D eigenvalue weighted by Gasteiger charge is -2.06. The van der Waals surface area contributed by atoms with Crippen molar-refractivity contribution in [2.75, 3.05) is 0 Å². The smallest absolute Gasteiger partial charge is 0.176 e. The third-order valence-corrected chi connectivity index (χ3v) is 2.37. The molecule has 0 aliphatic rings. The van der Waals surface area contributed by atoms with Crippen molar-refractivity contribution in [1.29, 1.82) is 0 Å². The first-order chi connectivity index (χ1) is 7.20. The Morgan fingerprint density at radius 2 is 2.20 bits per heavy atom. The summed E-state index contributed by atoms with van der Waals surface area (Å²) in [6.45, 7) is 1.52. The molecule has 0 saturated carbocycles. The molecule has 2 aromatic heterocycles. The van der Waals surface area contributed by atoms with Gasteiger partial charge in [0, 0.05) is 19.3 Å². The molecular formula is C11H9ClN2O. The molecule has 4 heteroatoms. The van der Waals surface area contributed by atoms with E-state index >= 15 is 0 Å². The topological polar surface area (TPSA) is 34.9 Å². The molecule has 0 aliphatic carbocycles. The second-order valence-corrected chi connectivity index (χ2v) is 3.54. The van der Waals surface area contributed by atoms with Gasteiger partial charge in [-0.15, -0.1) is 0 Å². The average molecular weight is 221 g/mol. The molecule has 0 spiro atoms. The Morgan fingerprint density at radius 3 is 2.87 bits per heavy atom. The van der Waals surface area contributed by atoms with E-state index in [0.29, 0.717) is 16.5 Å². The average Bonchev–Trinajstić information content (AvgIpc) is 2.67. The maximum absolute atomic E-state index is 11.3. The van der Waals surface area contributed by atoms with Crippen LogP contribution in [0.4, 0.5) is 0 Å². The molecule has 76 valence electrons. The SMILES string of the molecule is CC(=O)c1cccn1-c1ncccc1Cl. The van der Waals surface area contributed by atoms with E-state index in [0.717, 1.165) is 0 Å². The van der Waals surface area contributed by atoms with Crippen LogP contribution in [0.25, 0.3) is 5.82 Å². The van der Waals surface area contributed by atoms with Crippen LogP contribution in [0.2, 0.25) is 5.02 Å². The number of hydrogen-bond acceptors (Lipinski definition) is 2. The highest BCUT2D eigenvalue weighted by Crippen LogP contribution is 2.19. The number of halogens is 1. The first kappa shape index (κ1) is 9.93. The monoisotopic (exact) mass is 220 g/mol. The molecule has 0 aromatic carbocycles. The molecule has 15 heavy (non-hydrogen) atoms. The van der Waals surface area contributed by atoms with Gasteiger partial charge in [-0.05, 0) is 24.3 Å². The predicted molar refractivity (Wildman–Crippen MR) is 58.6 cm³/mol. The van der Waals surface area contributed by atoms with Gasteiger partial charge in [-0.3, -0.25) is 9.36 Å². The van der Waals surface area contributed by atoms with Gasteiger partial charge >= 0.3 is 0 Å². The van der Waals surface area contributed by atoms with Crippen LogP contribution in [-0.4, -0.2) is 15.3 Å². The standard InChI is InChI=1S/C11H9ClN2O/c1-8(15)10-5-3-7-14(10)11-9(12)4-2-6-13-11/h2-7H,1H3. The van der Waals surface area contributed by atoms with Gasteiger partial charge in [0.2, 0.25) is 0 Å². The lowest BCUT2D eigenvalue weighted by atomic mass is 10.3. The molecule has 0 saturated heterocycles. The highest BCUT2D eigenvalue weighted by Gasteiger charge is 2.10. The molecule has 0 amide bonds. The number of rotatable bonds is 2. The van der Waals surface area contributed by atoms with E-state index in [1.54, 1.807) is 41.2 Å². The van der Waals surface area contributed by atoms with Gasteiger partial charge in [0.05, 0.1) is 10.7 Å². The predicted octanol–water partition coefficient (Wildman–Crippen LogP) is 2.73. The van der Waals surface area contributed by atoms with Crippen molar-refractivity contribution in [2.24, 2.45) is 0 Å². The summed E-state index contributed by atoms with van der Waals surface area (Å²) in [7, 11) is 0. The summed E-state index contributed by atoms with van der Waals surface area (Å²) in [6, 6.07) is 7.03. The summed E-state index contributed by atoms with van der Waals surface area (Å²) in [5.41, 5.74) is 0.579. The van der Waals surface area contributed by atoms with Gasteiger partial charge in [-0.1, -0.05) is 11.6 Å². The quantitative estimate of drug-likeness (QED) is 0.730. The maximum atomic E-state index is 11.3. The first-order valence-corrected chi connectivity index (χ1v) is 4.87. The van der Waals surface area contributed by atoms with Gasteiger partial charge < -0.3 is 0 Å². The van der Waals surface area contributed by atoms with Crippen LogP contribution in [0, 0.1) is 0 Å². The van der Waals surface area contributed by atoms with Crippen molar-refractivity contribution < 1.29 is 4.79 Å². The first-order valence-electron chi connectivity index (χ1n) is 4.49. The van der Waals surface area contributed by atoms with Gasteiger partial charge in [0.15, 0.2) is 11.6 Å². The van der Waals surface area contributed by atoms with Crippen LogP contribution >= 0.6 is 11.6 Å². The number of aromatic nitrogens is 2. The summed E-state index contributed by atoms with van der Waals surface area (Å²) in [5.74, 6) is 0.566. The van der Waals surface area contributed by atoms with Gasteiger partial charge in [-0.2, -0.15) is 0 Å². The van der Waals surface area contributed by atoms with E-state index in [1.807, 2.05) is 0 Å². The van der Waals surface area contributed by atoms with Crippen LogP contribution in [0.3, 0.4) is 0 Å². The molecule has 2 rings (SSSR count). The van der Waals surface area contributed by atoms with Crippen LogP contribution in [-0.2, 0) is 0 Å². The second-order valence-electron chi connectivity index (χ2n) is 3.13.